The lowest BCUT2D eigenvalue weighted by Crippen LogP contribution is -1.92. The molecule has 15 heavy (non-hydrogen) atoms. The molecule has 0 spiro atoms. The first-order valence-corrected chi connectivity index (χ1v) is 5.94. The van der Waals surface area contributed by atoms with Gasteiger partial charge in [0.15, 0.2) is 0 Å². The Morgan fingerprint density at radius 2 is 1.47 bits per heavy atom. The summed E-state index contributed by atoms with van der Waals surface area (Å²) in [6.07, 6.45) is 0. The summed E-state index contributed by atoms with van der Waals surface area (Å²) >= 11 is 0. The van der Waals surface area contributed by atoms with E-state index in [1.807, 2.05) is 40.7 Å². The van der Waals surface area contributed by atoms with Crippen molar-refractivity contribution in [3.63, 3.8) is 0 Å². The van der Waals surface area contributed by atoms with Crippen LogP contribution in [0.15, 0.2) is 18.2 Å². The van der Waals surface area contributed by atoms with Crippen LogP contribution >= 0.6 is 0 Å². The van der Waals surface area contributed by atoms with Crippen molar-refractivity contribution in [2.45, 2.75) is 48.5 Å². The summed E-state index contributed by atoms with van der Waals surface area (Å²) in [5.41, 5.74) is 2.60. The third kappa shape index (κ3) is 7.01. The normalized spacial score (nSPS) is 7.93. The van der Waals surface area contributed by atoms with Crippen molar-refractivity contribution >= 4 is 0 Å². The average Bonchev–Trinajstić information content (AvgIpc) is 2.30. The van der Waals surface area contributed by atoms with E-state index >= 15 is 0 Å². The maximum atomic E-state index is 5.34. The fourth-order valence-corrected chi connectivity index (χ4v) is 0.970. The Labute approximate surface area is 95.5 Å². The Morgan fingerprint density at radius 1 is 0.933 bits per heavy atom. The summed E-state index contributed by atoms with van der Waals surface area (Å²) in [5, 5.41) is 0. The molecule has 0 atom stereocenters. The van der Waals surface area contributed by atoms with E-state index in [-0.39, 0.29) is 0 Å². The Morgan fingerprint density at radius 3 is 1.87 bits per heavy atom. The molecule has 0 aliphatic heterocycles. The molecule has 88 valence electrons. The number of aryl methyl sites for hydroxylation is 2. The van der Waals surface area contributed by atoms with Crippen LogP contribution in [0, 0.1) is 13.8 Å². The van der Waals surface area contributed by atoms with Crippen molar-refractivity contribution in [3.05, 3.63) is 29.3 Å². The van der Waals surface area contributed by atoms with Crippen molar-refractivity contribution in [3.8, 4) is 5.75 Å². The molecule has 0 saturated carbocycles. The van der Waals surface area contributed by atoms with E-state index in [1.165, 1.54) is 11.1 Å². The molecule has 0 amide bonds. The molecule has 0 aliphatic rings. The van der Waals surface area contributed by atoms with Crippen LogP contribution in [0.25, 0.3) is 0 Å². The van der Waals surface area contributed by atoms with E-state index in [0.29, 0.717) is 0 Å². The third-order valence-corrected chi connectivity index (χ3v) is 1.79. The van der Waals surface area contributed by atoms with E-state index in [2.05, 4.69) is 26.0 Å². The van der Waals surface area contributed by atoms with Crippen molar-refractivity contribution in [1.82, 2.24) is 0 Å². The Bertz CT molecular complexity index is 241. The smallest absolute Gasteiger partial charge is 0.119 e. The topological polar surface area (TPSA) is 9.23 Å². The SMILES string of the molecule is CC.CC.CCOc1ccc(C)c(C)c1. The highest BCUT2D eigenvalue weighted by atomic mass is 16.5. The van der Waals surface area contributed by atoms with E-state index in [9.17, 15) is 0 Å². The van der Waals surface area contributed by atoms with Gasteiger partial charge >= 0.3 is 0 Å². The number of ether oxygens (including phenoxy) is 1. The highest BCUT2D eigenvalue weighted by Crippen LogP contribution is 2.15. The van der Waals surface area contributed by atoms with Crippen LogP contribution in [-0.2, 0) is 0 Å². The summed E-state index contributed by atoms with van der Waals surface area (Å²) < 4.78 is 5.34. The minimum absolute atomic E-state index is 0.739. The van der Waals surface area contributed by atoms with E-state index in [1.54, 1.807) is 0 Å². The zero-order chi connectivity index (χ0) is 12.3. The number of rotatable bonds is 2. The monoisotopic (exact) mass is 210 g/mol. The third-order valence-electron chi connectivity index (χ3n) is 1.79. The molecule has 1 aromatic rings. The Kier molecular flexibility index (Phi) is 12.2. The lowest BCUT2D eigenvalue weighted by molar-refractivity contribution is 0.340. The number of benzene rings is 1. The minimum atomic E-state index is 0.739. The standard InChI is InChI=1S/C10H14O.2C2H6/c1-4-11-10-6-5-8(2)9(3)7-10;2*1-2/h5-7H,4H2,1-3H3;2*1-2H3. The molecule has 0 radical (unpaired) electrons. The summed E-state index contributed by atoms with van der Waals surface area (Å²) in [7, 11) is 0. The predicted octanol–water partition coefficient (Wildman–Crippen LogP) is 4.75. The van der Waals surface area contributed by atoms with E-state index in [4.69, 9.17) is 4.74 Å². The van der Waals surface area contributed by atoms with Crippen LogP contribution in [-0.4, -0.2) is 6.61 Å². The van der Waals surface area contributed by atoms with Crippen molar-refractivity contribution in [2.75, 3.05) is 6.61 Å². The molecule has 0 fully saturated rings. The Hall–Kier alpha value is -0.980. The molecule has 1 aromatic carbocycles. The van der Waals surface area contributed by atoms with E-state index in [0.717, 1.165) is 12.4 Å². The van der Waals surface area contributed by atoms with Gasteiger partial charge in [0.05, 0.1) is 6.61 Å². The van der Waals surface area contributed by atoms with Gasteiger partial charge in [-0.25, -0.2) is 0 Å². The van der Waals surface area contributed by atoms with Crippen molar-refractivity contribution in [2.24, 2.45) is 0 Å². The number of hydrogen-bond donors (Lipinski definition) is 0. The van der Waals surface area contributed by atoms with Crippen LogP contribution < -0.4 is 4.74 Å². The highest BCUT2D eigenvalue weighted by molar-refractivity contribution is 5.33. The van der Waals surface area contributed by atoms with Gasteiger partial charge in [-0.15, -0.1) is 0 Å². The van der Waals surface area contributed by atoms with E-state index < -0.39 is 0 Å². The summed E-state index contributed by atoms with van der Waals surface area (Å²) in [6.45, 7) is 14.9. The molecule has 0 unspecified atom stereocenters. The molecule has 0 heterocycles. The first kappa shape index (κ1) is 16.4. The largest absolute Gasteiger partial charge is 0.494 e. The molecule has 1 nitrogen and oxygen atoms in total. The molecule has 0 N–H and O–H groups in total. The van der Waals surface area contributed by atoms with Gasteiger partial charge in [0.2, 0.25) is 0 Å². The van der Waals surface area contributed by atoms with Gasteiger partial charge in [0, 0.05) is 0 Å². The van der Waals surface area contributed by atoms with Gasteiger partial charge in [0.1, 0.15) is 5.75 Å². The van der Waals surface area contributed by atoms with Gasteiger partial charge in [-0.05, 0) is 44.0 Å². The van der Waals surface area contributed by atoms with Gasteiger partial charge < -0.3 is 4.74 Å². The average molecular weight is 210 g/mol. The van der Waals surface area contributed by atoms with Crippen LogP contribution in [0.2, 0.25) is 0 Å². The van der Waals surface area contributed by atoms with Gasteiger partial charge in [-0.1, -0.05) is 33.8 Å². The number of hydrogen-bond acceptors (Lipinski definition) is 1. The fraction of sp³-hybridized carbons (Fsp3) is 0.571. The Balaban J connectivity index is 0. The lowest BCUT2D eigenvalue weighted by atomic mass is 10.1. The molecular formula is C14H26O. The maximum absolute atomic E-state index is 5.34. The quantitative estimate of drug-likeness (QED) is 0.684. The van der Waals surface area contributed by atoms with Crippen LogP contribution in [0.5, 0.6) is 5.75 Å². The van der Waals surface area contributed by atoms with Gasteiger partial charge in [0.25, 0.3) is 0 Å². The van der Waals surface area contributed by atoms with Crippen LogP contribution in [0.3, 0.4) is 0 Å². The molecule has 1 rings (SSSR count). The van der Waals surface area contributed by atoms with Crippen LogP contribution in [0.4, 0.5) is 0 Å². The summed E-state index contributed by atoms with van der Waals surface area (Å²) in [5.74, 6) is 0.968. The predicted molar refractivity (Wildman–Crippen MR) is 69.8 cm³/mol. The molecule has 0 saturated heterocycles. The fourth-order valence-electron chi connectivity index (χ4n) is 0.970. The van der Waals surface area contributed by atoms with Crippen molar-refractivity contribution < 1.29 is 4.74 Å². The molecule has 0 aromatic heterocycles. The second-order valence-corrected chi connectivity index (χ2v) is 2.68. The maximum Gasteiger partial charge on any atom is 0.119 e. The minimum Gasteiger partial charge on any atom is -0.494 e. The zero-order valence-electron chi connectivity index (χ0n) is 11.3. The summed E-state index contributed by atoms with van der Waals surface area (Å²) in [6, 6.07) is 6.16. The van der Waals surface area contributed by atoms with Gasteiger partial charge in [-0.2, -0.15) is 0 Å². The second-order valence-electron chi connectivity index (χ2n) is 2.68. The summed E-state index contributed by atoms with van der Waals surface area (Å²) in [4.78, 5) is 0. The highest BCUT2D eigenvalue weighted by Gasteiger charge is 1.94. The molecular weight excluding hydrogens is 184 g/mol. The van der Waals surface area contributed by atoms with Crippen LogP contribution in [0.1, 0.15) is 45.7 Å². The first-order chi connectivity index (χ1) is 7.24. The molecule has 0 bridgehead atoms. The van der Waals surface area contributed by atoms with Gasteiger partial charge in [-0.3, -0.25) is 0 Å². The second kappa shape index (κ2) is 11.1. The molecule has 0 aliphatic carbocycles. The van der Waals surface area contributed by atoms with Crippen molar-refractivity contribution in [1.29, 1.82) is 0 Å². The zero-order valence-corrected chi connectivity index (χ0v) is 11.3. The first-order valence-electron chi connectivity index (χ1n) is 5.94. The lowest BCUT2D eigenvalue weighted by Gasteiger charge is -2.04. The molecule has 1 heteroatoms.